The Morgan fingerprint density at radius 2 is 2.08 bits per heavy atom. The van der Waals surface area contributed by atoms with Crippen molar-refractivity contribution in [2.75, 3.05) is 5.75 Å². The summed E-state index contributed by atoms with van der Waals surface area (Å²) in [5.74, 6) is 1.01. The summed E-state index contributed by atoms with van der Waals surface area (Å²) in [6.45, 7) is 2.94. The number of Topliss-reactive ketones (excluding diaryl/α,β-unsaturated/α-hetero) is 1. The molecule has 4 aromatic rings. The van der Waals surface area contributed by atoms with Gasteiger partial charge in [0.1, 0.15) is 5.52 Å². The molecule has 0 aliphatic heterocycles. The summed E-state index contributed by atoms with van der Waals surface area (Å²) in [6.07, 6.45) is 1.36. The number of thioether (sulfide) groups is 1. The van der Waals surface area contributed by atoms with Crippen LogP contribution in [-0.4, -0.2) is 31.3 Å². The summed E-state index contributed by atoms with van der Waals surface area (Å²) in [5, 5.41) is 12.4. The van der Waals surface area contributed by atoms with E-state index in [-0.39, 0.29) is 5.78 Å². The number of ketones is 1. The largest absolute Gasteiger partial charge is 0.324 e. The number of nitrogens with zero attached hydrogens (tertiary/aromatic N) is 4. The Kier molecular flexibility index (Phi) is 4.99. The molecule has 26 heavy (non-hydrogen) atoms. The molecule has 4 rings (SSSR count). The minimum atomic E-state index is 0.209. The van der Waals surface area contributed by atoms with Crippen molar-refractivity contribution < 1.29 is 4.79 Å². The lowest BCUT2D eigenvalue weighted by Crippen LogP contribution is -2.00. The number of carbonyl (C=O) groups excluding carboxylic acids is 1. The number of para-hydroxylation sites is 1. The molecule has 0 N–H and O–H groups in total. The third-order valence-electron chi connectivity index (χ3n) is 4.25. The Balaban J connectivity index is 1.47. The normalized spacial score (nSPS) is 11.4. The van der Waals surface area contributed by atoms with E-state index in [1.54, 1.807) is 11.8 Å². The Bertz CT molecular complexity index is 1060. The van der Waals surface area contributed by atoms with Gasteiger partial charge < -0.3 is 4.57 Å². The Morgan fingerprint density at radius 1 is 1.19 bits per heavy atom. The SMILES string of the molecule is CCn1c2ccccc2c2nnc(SCCCC(=O)c3cccs3)nc21. The summed E-state index contributed by atoms with van der Waals surface area (Å²) >= 11 is 3.06. The average molecular weight is 383 g/mol. The quantitative estimate of drug-likeness (QED) is 0.261. The molecule has 5 nitrogen and oxygen atoms in total. The monoisotopic (exact) mass is 382 g/mol. The van der Waals surface area contributed by atoms with Crippen LogP contribution in [-0.2, 0) is 6.54 Å². The number of benzene rings is 1. The van der Waals surface area contributed by atoms with Gasteiger partial charge in [0.15, 0.2) is 11.4 Å². The molecule has 7 heteroatoms. The van der Waals surface area contributed by atoms with Gasteiger partial charge >= 0.3 is 0 Å². The second-order valence-corrected chi connectivity index (χ2v) is 7.89. The van der Waals surface area contributed by atoms with Gasteiger partial charge in [0, 0.05) is 24.1 Å². The van der Waals surface area contributed by atoms with E-state index >= 15 is 0 Å². The molecule has 1 aromatic carbocycles. The summed E-state index contributed by atoms with van der Waals surface area (Å²) in [7, 11) is 0. The molecular formula is C19H18N4OS2. The maximum atomic E-state index is 12.0. The number of aryl methyl sites for hydroxylation is 1. The highest BCUT2D eigenvalue weighted by Crippen LogP contribution is 2.27. The summed E-state index contributed by atoms with van der Waals surface area (Å²) < 4.78 is 2.17. The topological polar surface area (TPSA) is 60.7 Å². The molecule has 3 aromatic heterocycles. The number of fused-ring (bicyclic) bond motifs is 3. The van der Waals surface area contributed by atoms with Crippen molar-refractivity contribution in [3.8, 4) is 0 Å². The van der Waals surface area contributed by atoms with Crippen molar-refractivity contribution in [3.05, 3.63) is 46.7 Å². The predicted molar refractivity (Wildman–Crippen MR) is 107 cm³/mol. The molecule has 0 atom stereocenters. The van der Waals surface area contributed by atoms with Crippen LogP contribution in [0.1, 0.15) is 29.4 Å². The van der Waals surface area contributed by atoms with E-state index in [2.05, 4.69) is 33.8 Å². The first-order valence-corrected chi connectivity index (χ1v) is 10.5. The predicted octanol–water partition coefficient (Wildman–Crippen LogP) is 4.82. The van der Waals surface area contributed by atoms with Crippen LogP contribution in [0, 0.1) is 0 Å². The van der Waals surface area contributed by atoms with Crippen LogP contribution >= 0.6 is 23.1 Å². The summed E-state index contributed by atoms with van der Waals surface area (Å²) in [5.41, 5.74) is 2.86. The van der Waals surface area contributed by atoms with E-state index < -0.39 is 0 Å². The van der Waals surface area contributed by atoms with Crippen molar-refractivity contribution in [2.24, 2.45) is 0 Å². The van der Waals surface area contributed by atoms with E-state index in [0.717, 1.165) is 45.7 Å². The van der Waals surface area contributed by atoms with Crippen LogP contribution in [0.15, 0.2) is 46.9 Å². The fraction of sp³-hybridized carbons (Fsp3) is 0.263. The van der Waals surface area contributed by atoms with Crippen LogP contribution in [0.5, 0.6) is 0 Å². The zero-order valence-corrected chi connectivity index (χ0v) is 16.0. The summed E-state index contributed by atoms with van der Waals surface area (Å²) in [6, 6.07) is 12.0. The van der Waals surface area contributed by atoms with E-state index in [1.807, 2.05) is 29.6 Å². The van der Waals surface area contributed by atoms with Gasteiger partial charge in [-0.1, -0.05) is 36.0 Å². The molecular weight excluding hydrogens is 364 g/mol. The van der Waals surface area contributed by atoms with Crippen LogP contribution in [0.4, 0.5) is 0 Å². The number of carbonyl (C=O) groups is 1. The highest BCUT2D eigenvalue weighted by Gasteiger charge is 2.14. The van der Waals surface area contributed by atoms with Gasteiger partial charge in [-0.2, -0.15) is 0 Å². The number of thiophene rings is 1. The van der Waals surface area contributed by atoms with Gasteiger partial charge in [0.25, 0.3) is 0 Å². The van der Waals surface area contributed by atoms with E-state index in [1.165, 1.54) is 11.3 Å². The highest BCUT2D eigenvalue weighted by molar-refractivity contribution is 7.99. The van der Waals surface area contributed by atoms with Crippen LogP contribution < -0.4 is 0 Å². The van der Waals surface area contributed by atoms with Crippen molar-refractivity contribution in [3.63, 3.8) is 0 Å². The highest BCUT2D eigenvalue weighted by atomic mass is 32.2. The lowest BCUT2D eigenvalue weighted by Gasteiger charge is -2.03. The molecule has 0 aliphatic rings. The van der Waals surface area contributed by atoms with Gasteiger partial charge in [-0.05, 0) is 30.9 Å². The third-order valence-corrected chi connectivity index (χ3v) is 6.08. The number of rotatable bonds is 7. The molecule has 0 unspecified atom stereocenters. The summed E-state index contributed by atoms with van der Waals surface area (Å²) in [4.78, 5) is 17.6. The fourth-order valence-electron chi connectivity index (χ4n) is 3.03. The zero-order chi connectivity index (χ0) is 17.9. The number of aromatic nitrogens is 4. The zero-order valence-electron chi connectivity index (χ0n) is 14.4. The first kappa shape index (κ1) is 17.2. The van der Waals surface area contributed by atoms with Gasteiger partial charge in [0.05, 0.1) is 10.4 Å². The van der Waals surface area contributed by atoms with Crippen molar-refractivity contribution in [1.29, 1.82) is 0 Å². The van der Waals surface area contributed by atoms with Crippen molar-refractivity contribution >= 4 is 50.9 Å². The number of hydrogen-bond acceptors (Lipinski definition) is 6. The second kappa shape index (κ2) is 7.55. The van der Waals surface area contributed by atoms with E-state index in [9.17, 15) is 4.79 Å². The van der Waals surface area contributed by atoms with Crippen molar-refractivity contribution in [2.45, 2.75) is 31.5 Å². The van der Waals surface area contributed by atoms with Gasteiger partial charge in [0.2, 0.25) is 5.16 Å². The van der Waals surface area contributed by atoms with Crippen LogP contribution in [0.2, 0.25) is 0 Å². The van der Waals surface area contributed by atoms with Gasteiger partial charge in [-0.25, -0.2) is 4.98 Å². The molecule has 0 bridgehead atoms. The fourth-order valence-corrected chi connectivity index (χ4v) is 4.44. The minimum Gasteiger partial charge on any atom is -0.324 e. The first-order valence-electron chi connectivity index (χ1n) is 8.59. The molecule has 0 radical (unpaired) electrons. The Labute approximate surface area is 159 Å². The van der Waals surface area contributed by atoms with Gasteiger partial charge in [-0.15, -0.1) is 21.5 Å². The maximum Gasteiger partial charge on any atom is 0.211 e. The lowest BCUT2D eigenvalue weighted by molar-refractivity contribution is 0.0986. The second-order valence-electron chi connectivity index (χ2n) is 5.88. The van der Waals surface area contributed by atoms with Crippen molar-refractivity contribution in [1.82, 2.24) is 19.7 Å². The smallest absolute Gasteiger partial charge is 0.211 e. The molecule has 0 amide bonds. The molecule has 0 fully saturated rings. The Hall–Kier alpha value is -2.25. The molecule has 0 aliphatic carbocycles. The molecule has 0 saturated heterocycles. The molecule has 0 spiro atoms. The Morgan fingerprint density at radius 3 is 2.88 bits per heavy atom. The molecule has 132 valence electrons. The average Bonchev–Trinajstić information content (AvgIpc) is 3.31. The lowest BCUT2D eigenvalue weighted by atomic mass is 10.2. The maximum absolute atomic E-state index is 12.0. The third kappa shape index (κ3) is 3.24. The van der Waals surface area contributed by atoms with Crippen LogP contribution in [0.25, 0.3) is 22.1 Å². The molecule has 0 saturated carbocycles. The number of hydrogen-bond donors (Lipinski definition) is 0. The van der Waals surface area contributed by atoms with E-state index in [0.29, 0.717) is 11.6 Å². The first-order chi connectivity index (χ1) is 12.8. The van der Waals surface area contributed by atoms with Gasteiger partial charge in [-0.3, -0.25) is 4.79 Å². The van der Waals surface area contributed by atoms with Crippen LogP contribution in [0.3, 0.4) is 0 Å². The molecule has 3 heterocycles. The minimum absolute atomic E-state index is 0.209. The standard InChI is InChI=1S/C19H18N4OS2/c1-2-23-14-8-4-3-7-13(14)17-18(23)20-19(22-21-17)26-12-5-9-15(24)16-10-6-11-25-16/h3-4,6-8,10-11H,2,5,9,12H2,1H3. The van der Waals surface area contributed by atoms with E-state index in [4.69, 9.17) is 4.98 Å².